The molecule has 1 saturated heterocycles. The lowest BCUT2D eigenvalue weighted by atomic mass is 10.1. The van der Waals surface area contributed by atoms with Crippen molar-refractivity contribution in [2.75, 3.05) is 18.0 Å². The SMILES string of the molecule is Cc1cccc2ccc(N3CCCC3)nc12. The summed E-state index contributed by atoms with van der Waals surface area (Å²) in [7, 11) is 0. The number of rotatable bonds is 1. The van der Waals surface area contributed by atoms with Gasteiger partial charge in [-0.2, -0.15) is 0 Å². The van der Waals surface area contributed by atoms with Crippen molar-refractivity contribution in [3.8, 4) is 0 Å². The van der Waals surface area contributed by atoms with Crippen LogP contribution in [0.5, 0.6) is 0 Å². The highest BCUT2D eigenvalue weighted by Crippen LogP contribution is 2.23. The van der Waals surface area contributed by atoms with Crippen molar-refractivity contribution in [1.29, 1.82) is 0 Å². The Morgan fingerprint density at radius 3 is 2.69 bits per heavy atom. The van der Waals surface area contributed by atoms with Crippen molar-refractivity contribution >= 4 is 16.7 Å². The lowest BCUT2D eigenvalue weighted by molar-refractivity contribution is 0.943. The van der Waals surface area contributed by atoms with Crippen molar-refractivity contribution in [3.05, 3.63) is 35.9 Å². The topological polar surface area (TPSA) is 16.1 Å². The third-order valence-corrected chi connectivity index (χ3v) is 3.34. The maximum atomic E-state index is 4.78. The van der Waals surface area contributed by atoms with Crippen molar-refractivity contribution in [3.63, 3.8) is 0 Å². The van der Waals surface area contributed by atoms with E-state index in [2.05, 4.69) is 42.2 Å². The fourth-order valence-electron chi connectivity index (χ4n) is 2.41. The largest absolute Gasteiger partial charge is 0.357 e. The lowest BCUT2D eigenvalue weighted by Gasteiger charge is -2.16. The molecule has 0 atom stereocenters. The molecule has 16 heavy (non-hydrogen) atoms. The first-order valence-electron chi connectivity index (χ1n) is 5.96. The molecule has 0 N–H and O–H groups in total. The first-order valence-corrected chi connectivity index (χ1v) is 5.96. The maximum Gasteiger partial charge on any atom is 0.129 e. The highest BCUT2D eigenvalue weighted by atomic mass is 15.2. The molecule has 0 radical (unpaired) electrons. The van der Waals surface area contributed by atoms with E-state index in [4.69, 9.17) is 4.98 Å². The first-order chi connectivity index (χ1) is 7.84. The zero-order valence-corrected chi connectivity index (χ0v) is 9.61. The number of pyridine rings is 1. The van der Waals surface area contributed by atoms with Gasteiger partial charge in [-0.3, -0.25) is 0 Å². The average Bonchev–Trinajstić information content (AvgIpc) is 2.83. The van der Waals surface area contributed by atoms with Crippen LogP contribution in [0.4, 0.5) is 5.82 Å². The van der Waals surface area contributed by atoms with E-state index in [1.807, 2.05) is 0 Å². The van der Waals surface area contributed by atoms with Gasteiger partial charge in [-0.25, -0.2) is 4.98 Å². The minimum absolute atomic E-state index is 1.14. The Labute approximate surface area is 95.9 Å². The third-order valence-electron chi connectivity index (χ3n) is 3.34. The standard InChI is InChI=1S/C14H16N2/c1-11-5-4-6-12-7-8-13(15-14(11)12)16-9-2-3-10-16/h4-8H,2-3,9-10H2,1H3. The monoisotopic (exact) mass is 212 g/mol. The molecule has 1 aliphatic rings. The van der Waals surface area contributed by atoms with Crippen molar-refractivity contribution in [2.24, 2.45) is 0 Å². The highest BCUT2D eigenvalue weighted by molar-refractivity contribution is 5.83. The molecule has 0 bridgehead atoms. The average molecular weight is 212 g/mol. The van der Waals surface area contributed by atoms with Gasteiger partial charge in [-0.05, 0) is 37.5 Å². The van der Waals surface area contributed by atoms with E-state index in [9.17, 15) is 0 Å². The fraction of sp³-hybridized carbons (Fsp3) is 0.357. The van der Waals surface area contributed by atoms with Gasteiger partial charge < -0.3 is 4.90 Å². The molecular formula is C14H16N2. The minimum atomic E-state index is 1.14. The van der Waals surface area contributed by atoms with Crippen LogP contribution < -0.4 is 4.90 Å². The molecule has 1 fully saturated rings. The summed E-state index contributed by atoms with van der Waals surface area (Å²) < 4.78 is 0. The predicted octanol–water partition coefficient (Wildman–Crippen LogP) is 3.14. The molecule has 2 heterocycles. The van der Waals surface area contributed by atoms with Gasteiger partial charge in [0.1, 0.15) is 5.82 Å². The molecule has 1 aromatic carbocycles. The van der Waals surface area contributed by atoms with Gasteiger partial charge in [-0.15, -0.1) is 0 Å². The molecule has 0 spiro atoms. The summed E-state index contributed by atoms with van der Waals surface area (Å²) in [5.41, 5.74) is 2.41. The van der Waals surface area contributed by atoms with Crippen molar-refractivity contribution < 1.29 is 0 Å². The van der Waals surface area contributed by atoms with Crippen LogP contribution in [0, 0.1) is 6.92 Å². The number of aryl methyl sites for hydroxylation is 1. The molecule has 2 heteroatoms. The predicted molar refractivity (Wildman–Crippen MR) is 67.9 cm³/mol. The highest BCUT2D eigenvalue weighted by Gasteiger charge is 2.13. The minimum Gasteiger partial charge on any atom is -0.357 e. The van der Waals surface area contributed by atoms with Gasteiger partial charge in [0.05, 0.1) is 5.52 Å². The van der Waals surface area contributed by atoms with E-state index in [0.29, 0.717) is 0 Å². The molecule has 0 unspecified atom stereocenters. The lowest BCUT2D eigenvalue weighted by Crippen LogP contribution is -2.18. The maximum absolute atomic E-state index is 4.78. The molecule has 2 aromatic rings. The van der Waals surface area contributed by atoms with Crippen LogP contribution in [0.15, 0.2) is 30.3 Å². The van der Waals surface area contributed by atoms with E-state index >= 15 is 0 Å². The number of fused-ring (bicyclic) bond motifs is 1. The van der Waals surface area contributed by atoms with E-state index < -0.39 is 0 Å². The number of nitrogens with zero attached hydrogens (tertiary/aromatic N) is 2. The second-order valence-corrected chi connectivity index (χ2v) is 4.51. The normalized spacial score (nSPS) is 15.9. The summed E-state index contributed by atoms with van der Waals surface area (Å²) in [5.74, 6) is 1.14. The Bertz CT molecular complexity index is 513. The quantitative estimate of drug-likeness (QED) is 0.722. The third kappa shape index (κ3) is 1.54. The van der Waals surface area contributed by atoms with E-state index in [-0.39, 0.29) is 0 Å². The summed E-state index contributed by atoms with van der Waals surface area (Å²) in [6.07, 6.45) is 2.60. The van der Waals surface area contributed by atoms with Crippen LogP contribution in [0.25, 0.3) is 10.9 Å². The summed E-state index contributed by atoms with van der Waals surface area (Å²) in [6.45, 7) is 4.44. The summed E-state index contributed by atoms with van der Waals surface area (Å²) in [5, 5.41) is 1.24. The van der Waals surface area contributed by atoms with Gasteiger partial charge in [0.2, 0.25) is 0 Å². The van der Waals surface area contributed by atoms with Gasteiger partial charge in [0.25, 0.3) is 0 Å². The molecule has 1 aliphatic heterocycles. The van der Waals surface area contributed by atoms with Crippen LogP contribution >= 0.6 is 0 Å². The van der Waals surface area contributed by atoms with E-state index in [1.165, 1.54) is 23.8 Å². The zero-order chi connectivity index (χ0) is 11.0. The molecule has 3 rings (SSSR count). The van der Waals surface area contributed by atoms with Crippen molar-refractivity contribution in [1.82, 2.24) is 4.98 Å². The van der Waals surface area contributed by atoms with E-state index in [0.717, 1.165) is 24.4 Å². The number of benzene rings is 1. The molecule has 1 aromatic heterocycles. The molecular weight excluding hydrogens is 196 g/mol. The number of aromatic nitrogens is 1. The Kier molecular flexibility index (Phi) is 2.28. The second-order valence-electron chi connectivity index (χ2n) is 4.51. The van der Waals surface area contributed by atoms with Crippen LogP contribution in [-0.4, -0.2) is 18.1 Å². The van der Waals surface area contributed by atoms with Crippen molar-refractivity contribution in [2.45, 2.75) is 19.8 Å². The molecule has 0 saturated carbocycles. The fourth-order valence-corrected chi connectivity index (χ4v) is 2.41. The number of hydrogen-bond donors (Lipinski definition) is 0. The molecule has 0 amide bonds. The Balaban J connectivity index is 2.10. The Morgan fingerprint density at radius 1 is 1.06 bits per heavy atom. The molecule has 82 valence electrons. The number of anilines is 1. The van der Waals surface area contributed by atoms with Gasteiger partial charge in [0.15, 0.2) is 0 Å². The summed E-state index contributed by atoms with van der Waals surface area (Å²) in [4.78, 5) is 7.16. The molecule has 0 aliphatic carbocycles. The summed E-state index contributed by atoms with van der Waals surface area (Å²) in [6, 6.07) is 10.7. The van der Waals surface area contributed by atoms with Crippen LogP contribution in [0.3, 0.4) is 0 Å². The Morgan fingerprint density at radius 2 is 1.88 bits per heavy atom. The second kappa shape index (κ2) is 3.78. The smallest absolute Gasteiger partial charge is 0.129 e. The Hall–Kier alpha value is -1.57. The number of para-hydroxylation sites is 1. The summed E-state index contributed by atoms with van der Waals surface area (Å²) >= 11 is 0. The first kappa shape index (κ1) is 9.64. The molecule has 2 nitrogen and oxygen atoms in total. The van der Waals surface area contributed by atoms with E-state index in [1.54, 1.807) is 0 Å². The van der Waals surface area contributed by atoms with Gasteiger partial charge >= 0.3 is 0 Å². The van der Waals surface area contributed by atoms with Gasteiger partial charge in [-0.1, -0.05) is 18.2 Å². The zero-order valence-electron chi connectivity index (χ0n) is 9.61. The van der Waals surface area contributed by atoms with Crippen LogP contribution in [0.2, 0.25) is 0 Å². The van der Waals surface area contributed by atoms with Crippen LogP contribution in [-0.2, 0) is 0 Å². The number of hydrogen-bond acceptors (Lipinski definition) is 2. The van der Waals surface area contributed by atoms with Crippen LogP contribution in [0.1, 0.15) is 18.4 Å². The van der Waals surface area contributed by atoms with Gasteiger partial charge in [0, 0.05) is 18.5 Å².